The third kappa shape index (κ3) is 6.05. The summed E-state index contributed by atoms with van der Waals surface area (Å²) < 4.78 is 30.2. The summed E-state index contributed by atoms with van der Waals surface area (Å²) in [5.74, 6) is -0.0187. The largest absolute Gasteiger partial charge is 0.361 e. The molecule has 166 valence electrons. The lowest BCUT2D eigenvalue weighted by atomic mass is 10.1. The van der Waals surface area contributed by atoms with E-state index < -0.39 is 15.9 Å². The molecule has 31 heavy (non-hydrogen) atoms. The summed E-state index contributed by atoms with van der Waals surface area (Å²) in [6.45, 7) is 6.58. The van der Waals surface area contributed by atoms with Crippen molar-refractivity contribution in [3.8, 4) is 0 Å². The second kappa shape index (κ2) is 9.37. The lowest BCUT2D eigenvalue weighted by Gasteiger charge is -2.22. The van der Waals surface area contributed by atoms with Gasteiger partial charge in [0.05, 0.1) is 18.5 Å². The molecule has 0 bridgehead atoms. The van der Waals surface area contributed by atoms with Crippen LogP contribution in [0.25, 0.3) is 0 Å². The molecule has 0 unspecified atom stereocenters. The molecule has 0 atom stereocenters. The molecule has 8 nitrogen and oxygen atoms in total. The highest BCUT2D eigenvalue weighted by atomic mass is 35.5. The van der Waals surface area contributed by atoms with Crippen LogP contribution in [0.2, 0.25) is 5.02 Å². The molecule has 0 saturated carbocycles. The van der Waals surface area contributed by atoms with E-state index in [0.717, 1.165) is 35.3 Å². The predicted molar refractivity (Wildman–Crippen MR) is 121 cm³/mol. The van der Waals surface area contributed by atoms with E-state index in [-0.39, 0.29) is 5.69 Å². The fourth-order valence-electron chi connectivity index (χ4n) is 3.02. The van der Waals surface area contributed by atoms with E-state index in [4.69, 9.17) is 16.1 Å². The number of sulfonamides is 1. The van der Waals surface area contributed by atoms with Crippen molar-refractivity contribution in [1.82, 2.24) is 14.9 Å². The van der Waals surface area contributed by atoms with Crippen LogP contribution in [0.3, 0.4) is 0 Å². The second-order valence-electron chi connectivity index (χ2n) is 7.21. The quantitative estimate of drug-likeness (QED) is 0.522. The predicted octanol–water partition coefficient (Wildman–Crippen LogP) is 3.65. The van der Waals surface area contributed by atoms with Gasteiger partial charge >= 0.3 is 0 Å². The van der Waals surface area contributed by atoms with Crippen LogP contribution in [0, 0.1) is 20.8 Å². The molecule has 2 aromatic heterocycles. The summed E-state index contributed by atoms with van der Waals surface area (Å²) in [6.07, 6.45) is 1.66. The van der Waals surface area contributed by atoms with Gasteiger partial charge in [0.2, 0.25) is 10.0 Å². The van der Waals surface area contributed by atoms with Gasteiger partial charge in [-0.05, 0) is 44.9 Å². The lowest BCUT2D eigenvalue weighted by Crippen LogP contribution is -2.30. The Labute approximate surface area is 190 Å². The van der Waals surface area contributed by atoms with Crippen LogP contribution in [0.1, 0.15) is 37.9 Å². The molecule has 11 heteroatoms. The molecule has 3 rings (SSSR count). The molecule has 0 aliphatic heterocycles. The number of rotatable bonds is 8. The number of carbonyl (C=O) groups is 1. The minimum Gasteiger partial charge on any atom is -0.361 e. The fraction of sp³-hybridized carbons (Fsp3) is 0.350. The highest BCUT2D eigenvalue weighted by molar-refractivity contribution is 7.89. The van der Waals surface area contributed by atoms with Crippen LogP contribution >= 0.6 is 22.9 Å². The first-order valence-corrected chi connectivity index (χ1v) is 12.5. The van der Waals surface area contributed by atoms with Crippen molar-refractivity contribution in [2.75, 3.05) is 17.7 Å². The third-order valence-electron chi connectivity index (χ3n) is 4.66. The van der Waals surface area contributed by atoms with Gasteiger partial charge in [-0.1, -0.05) is 28.9 Å². The summed E-state index contributed by atoms with van der Waals surface area (Å²) in [6, 6.07) is 7.62. The SMILES string of the molecule is Cc1noc(C)c1CN(CCc1ccc(Cl)cc1)c1nc(C(=O)NS(C)(=O)=O)c(C)s1. The van der Waals surface area contributed by atoms with E-state index in [1.54, 1.807) is 6.92 Å². The molecule has 0 aliphatic carbocycles. The Morgan fingerprint density at radius 1 is 1.23 bits per heavy atom. The molecular formula is C20H23ClN4O4S2. The number of carbonyl (C=O) groups excluding carboxylic acids is 1. The number of nitrogens with zero attached hydrogens (tertiary/aromatic N) is 3. The number of aromatic nitrogens is 2. The number of nitrogens with one attached hydrogen (secondary N) is 1. The highest BCUT2D eigenvalue weighted by Gasteiger charge is 2.23. The number of thiazole rings is 1. The average Bonchev–Trinajstić information content (AvgIpc) is 3.21. The molecular weight excluding hydrogens is 460 g/mol. The molecule has 1 N–H and O–H groups in total. The number of benzene rings is 1. The third-order valence-corrected chi connectivity index (χ3v) is 6.50. The summed E-state index contributed by atoms with van der Waals surface area (Å²) in [7, 11) is -3.68. The number of hydrogen-bond donors (Lipinski definition) is 1. The molecule has 0 spiro atoms. The molecule has 1 amide bonds. The normalized spacial score (nSPS) is 11.5. The Morgan fingerprint density at radius 3 is 2.48 bits per heavy atom. The Morgan fingerprint density at radius 2 is 1.90 bits per heavy atom. The van der Waals surface area contributed by atoms with Crippen LogP contribution in [0.15, 0.2) is 28.8 Å². The van der Waals surface area contributed by atoms with Crippen LogP contribution < -0.4 is 9.62 Å². The van der Waals surface area contributed by atoms with Gasteiger partial charge in [0.1, 0.15) is 11.5 Å². The van der Waals surface area contributed by atoms with Crippen molar-refractivity contribution >= 4 is 44.0 Å². The first kappa shape index (κ1) is 23.2. The molecule has 3 aromatic rings. The Bertz CT molecular complexity index is 1170. The van der Waals surface area contributed by atoms with E-state index in [0.29, 0.717) is 28.1 Å². The summed E-state index contributed by atoms with van der Waals surface area (Å²) in [5.41, 5.74) is 2.94. The number of halogens is 1. The Kier molecular flexibility index (Phi) is 7.03. The summed E-state index contributed by atoms with van der Waals surface area (Å²) >= 11 is 7.31. The summed E-state index contributed by atoms with van der Waals surface area (Å²) in [5, 5.41) is 5.31. The molecule has 0 radical (unpaired) electrons. The van der Waals surface area contributed by atoms with Crippen LogP contribution in [0.5, 0.6) is 0 Å². The maximum atomic E-state index is 12.4. The van der Waals surface area contributed by atoms with Crippen molar-refractivity contribution in [1.29, 1.82) is 0 Å². The highest BCUT2D eigenvalue weighted by Crippen LogP contribution is 2.29. The number of anilines is 1. The average molecular weight is 483 g/mol. The van der Waals surface area contributed by atoms with E-state index in [1.165, 1.54) is 11.3 Å². The first-order valence-electron chi connectivity index (χ1n) is 9.44. The van der Waals surface area contributed by atoms with Crippen molar-refractivity contribution in [2.24, 2.45) is 0 Å². The molecule has 1 aromatic carbocycles. The van der Waals surface area contributed by atoms with E-state index >= 15 is 0 Å². The van der Waals surface area contributed by atoms with Gasteiger partial charge in [0.25, 0.3) is 5.91 Å². The van der Waals surface area contributed by atoms with Crippen LogP contribution in [0.4, 0.5) is 5.13 Å². The van der Waals surface area contributed by atoms with E-state index in [1.807, 2.05) is 47.7 Å². The summed E-state index contributed by atoms with van der Waals surface area (Å²) in [4.78, 5) is 19.5. The van der Waals surface area contributed by atoms with Crippen molar-refractivity contribution in [2.45, 2.75) is 33.7 Å². The smallest absolute Gasteiger partial charge is 0.284 e. The van der Waals surface area contributed by atoms with Crippen molar-refractivity contribution < 1.29 is 17.7 Å². The zero-order valence-electron chi connectivity index (χ0n) is 17.6. The Balaban J connectivity index is 1.89. The number of aryl methyl sites for hydroxylation is 3. The van der Waals surface area contributed by atoms with Gasteiger partial charge < -0.3 is 9.42 Å². The monoisotopic (exact) mass is 482 g/mol. The number of hydrogen-bond acceptors (Lipinski definition) is 8. The molecule has 0 saturated heterocycles. The molecule has 0 fully saturated rings. The van der Waals surface area contributed by atoms with Gasteiger partial charge in [-0.2, -0.15) is 0 Å². The fourth-order valence-corrected chi connectivity index (χ4v) is 4.51. The van der Waals surface area contributed by atoms with Gasteiger partial charge in [0.15, 0.2) is 5.13 Å². The zero-order chi connectivity index (χ0) is 22.8. The minimum atomic E-state index is -3.68. The first-order chi connectivity index (χ1) is 14.5. The van der Waals surface area contributed by atoms with Gasteiger partial charge in [-0.15, -0.1) is 11.3 Å². The second-order valence-corrected chi connectivity index (χ2v) is 10.6. The van der Waals surface area contributed by atoms with Crippen molar-refractivity contribution in [3.63, 3.8) is 0 Å². The maximum Gasteiger partial charge on any atom is 0.284 e. The number of amides is 1. The van der Waals surface area contributed by atoms with Crippen LogP contribution in [-0.4, -0.2) is 37.3 Å². The zero-order valence-corrected chi connectivity index (χ0v) is 20.0. The van der Waals surface area contributed by atoms with Gasteiger partial charge in [-0.3, -0.25) is 4.79 Å². The molecule has 0 aliphatic rings. The van der Waals surface area contributed by atoms with Gasteiger partial charge in [-0.25, -0.2) is 18.1 Å². The van der Waals surface area contributed by atoms with E-state index in [2.05, 4.69) is 10.1 Å². The van der Waals surface area contributed by atoms with Gasteiger partial charge in [0, 0.05) is 22.0 Å². The Hall–Kier alpha value is -2.43. The maximum absolute atomic E-state index is 12.4. The minimum absolute atomic E-state index is 0.0979. The van der Waals surface area contributed by atoms with Crippen molar-refractivity contribution in [3.05, 3.63) is 62.4 Å². The lowest BCUT2D eigenvalue weighted by molar-refractivity contribution is 0.0977. The molecule has 2 heterocycles. The topological polar surface area (TPSA) is 105 Å². The van der Waals surface area contributed by atoms with E-state index in [9.17, 15) is 13.2 Å². The van der Waals surface area contributed by atoms with Crippen LogP contribution in [-0.2, 0) is 23.0 Å². The standard InChI is InChI=1S/C20H23ClN4O4S2/c1-12-17(13(2)29-23-12)11-25(10-9-15-5-7-16(21)8-6-15)20-22-18(14(3)30-20)19(26)24-31(4,27)28/h5-8H,9-11H2,1-4H3,(H,24,26).